The molecule has 1 unspecified atom stereocenters. The van der Waals surface area contributed by atoms with Gasteiger partial charge in [0, 0.05) is 10.4 Å². The average molecular weight is 261 g/mol. The summed E-state index contributed by atoms with van der Waals surface area (Å²) in [7, 11) is 0. The van der Waals surface area contributed by atoms with Crippen LogP contribution in [0.5, 0.6) is 0 Å². The van der Waals surface area contributed by atoms with Crippen LogP contribution < -0.4 is 0 Å². The van der Waals surface area contributed by atoms with Gasteiger partial charge in [-0.1, -0.05) is 22.0 Å². The Morgan fingerprint density at radius 1 is 1.50 bits per heavy atom. The quantitative estimate of drug-likeness (QED) is 0.712. The monoisotopic (exact) mass is 260 g/mol. The molecule has 0 aliphatic carbocycles. The molecule has 0 radical (unpaired) electrons. The van der Waals surface area contributed by atoms with Crippen molar-refractivity contribution in [3.63, 3.8) is 0 Å². The maximum Gasteiger partial charge on any atom is 0.126 e. The molecule has 0 fully saturated rings. The zero-order valence-corrected chi connectivity index (χ0v) is 9.23. The van der Waals surface area contributed by atoms with Crippen molar-refractivity contribution in [2.75, 3.05) is 6.67 Å². The molecule has 0 heterocycles. The summed E-state index contributed by atoms with van der Waals surface area (Å²) in [5.74, 6) is -0.789. The number of rotatable bonds is 4. The fraction of sp³-hybridized carbons (Fsp3) is 0.273. The lowest BCUT2D eigenvalue weighted by atomic mass is 9.97. The molecule has 0 N–H and O–H groups in total. The maximum atomic E-state index is 13.3. The summed E-state index contributed by atoms with van der Waals surface area (Å²) >= 11 is 3.23. The van der Waals surface area contributed by atoms with E-state index in [1.807, 2.05) is 0 Å². The molecule has 1 aromatic rings. The van der Waals surface area contributed by atoms with Crippen LogP contribution in [0.25, 0.3) is 0 Å². The summed E-state index contributed by atoms with van der Waals surface area (Å²) in [5.41, 5.74) is 0.404. The van der Waals surface area contributed by atoms with E-state index in [1.165, 1.54) is 6.07 Å². The van der Waals surface area contributed by atoms with Gasteiger partial charge in [0.1, 0.15) is 5.82 Å². The predicted molar refractivity (Wildman–Crippen MR) is 57.6 cm³/mol. The second-order valence-corrected chi connectivity index (χ2v) is 3.96. The average Bonchev–Trinajstić information content (AvgIpc) is 2.18. The molecule has 76 valence electrons. The number of allylic oxidation sites excluding steroid dienone is 1. The van der Waals surface area contributed by atoms with E-state index in [2.05, 4.69) is 22.5 Å². The van der Waals surface area contributed by atoms with Gasteiger partial charge in [0.2, 0.25) is 0 Å². The number of halogens is 3. The van der Waals surface area contributed by atoms with Gasteiger partial charge in [-0.2, -0.15) is 0 Å². The molecule has 0 bridgehead atoms. The third-order valence-corrected chi connectivity index (χ3v) is 2.53. The summed E-state index contributed by atoms with van der Waals surface area (Å²) in [6, 6.07) is 4.55. The number of benzene rings is 1. The van der Waals surface area contributed by atoms with Gasteiger partial charge < -0.3 is 0 Å². The Labute approximate surface area is 90.8 Å². The first-order valence-electron chi connectivity index (χ1n) is 4.30. The molecule has 0 amide bonds. The Morgan fingerprint density at radius 2 is 2.21 bits per heavy atom. The van der Waals surface area contributed by atoms with Gasteiger partial charge in [-0.05, 0) is 30.2 Å². The van der Waals surface area contributed by atoms with Gasteiger partial charge >= 0.3 is 0 Å². The van der Waals surface area contributed by atoms with Crippen LogP contribution in [0.3, 0.4) is 0 Å². The van der Waals surface area contributed by atoms with E-state index in [1.54, 1.807) is 18.2 Å². The fourth-order valence-corrected chi connectivity index (χ4v) is 1.68. The SMILES string of the molecule is C=CCC(CF)c1cc(Br)ccc1F. The first kappa shape index (κ1) is 11.4. The van der Waals surface area contributed by atoms with Crippen molar-refractivity contribution in [3.05, 3.63) is 46.7 Å². The molecule has 1 rings (SSSR count). The molecule has 3 heteroatoms. The van der Waals surface area contributed by atoms with E-state index in [-0.39, 0.29) is 5.82 Å². The van der Waals surface area contributed by atoms with E-state index >= 15 is 0 Å². The Balaban J connectivity index is 3.01. The van der Waals surface area contributed by atoms with Crippen LogP contribution in [0.15, 0.2) is 35.3 Å². The number of hydrogen-bond donors (Lipinski definition) is 0. The Morgan fingerprint density at radius 3 is 2.79 bits per heavy atom. The van der Waals surface area contributed by atoms with Crippen molar-refractivity contribution in [2.45, 2.75) is 12.3 Å². The van der Waals surface area contributed by atoms with Crippen LogP contribution in [-0.2, 0) is 0 Å². The minimum absolute atomic E-state index is 0.363. The van der Waals surface area contributed by atoms with Gasteiger partial charge in [-0.15, -0.1) is 6.58 Å². The molecule has 0 aliphatic rings. The van der Waals surface area contributed by atoms with Gasteiger partial charge in [0.05, 0.1) is 6.67 Å². The van der Waals surface area contributed by atoms with Crippen LogP contribution in [0.4, 0.5) is 8.78 Å². The Kier molecular flexibility index (Phi) is 4.26. The zero-order chi connectivity index (χ0) is 10.6. The van der Waals surface area contributed by atoms with Gasteiger partial charge in [-0.3, -0.25) is 4.39 Å². The highest BCUT2D eigenvalue weighted by Gasteiger charge is 2.14. The molecule has 0 saturated heterocycles. The summed E-state index contributed by atoms with van der Waals surface area (Å²) in [5, 5.41) is 0. The lowest BCUT2D eigenvalue weighted by molar-refractivity contribution is 0.421. The Hall–Kier alpha value is -0.700. The topological polar surface area (TPSA) is 0 Å². The van der Waals surface area contributed by atoms with Crippen LogP contribution in [0.1, 0.15) is 17.9 Å². The van der Waals surface area contributed by atoms with Crippen LogP contribution >= 0.6 is 15.9 Å². The van der Waals surface area contributed by atoms with Gasteiger partial charge in [0.25, 0.3) is 0 Å². The van der Waals surface area contributed by atoms with Crippen LogP contribution in [-0.4, -0.2) is 6.67 Å². The van der Waals surface area contributed by atoms with E-state index in [9.17, 15) is 8.78 Å². The lowest BCUT2D eigenvalue weighted by Crippen LogP contribution is -2.02. The van der Waals surface area contributed by atoms with Crippen molar-refractivity contribution >= 4 is 15.9 Å². The highest BCUT2D eigenvalue weighted by molar-refractivity contribution is 9.10. The normalized spacial score (nSPS) is 12.5. The van der Waals surface area contributed by atoms with Crippen molar-refractivity contribution in [3.8, 4) is 0 Å². The molecule has 0 aliphatic heterocycles. The molecule has 1 aromatic carbocycles. The van der Waals surface area contributed by atoms with Gasteiger partial charge in [-0.25, -0.2) is 4.39 Å². The largest absolute Gasteiger partial charge is 0.250 e. The Bertz CT molecular complexity index is 323. The van der Waals surface area contributed by atoms with Crippen molar-refractivity contribution in [1.82, 2.24) is 0 Å². The fourth-order valence-electron chi connectivity index (χ4n) is 1.30. The van der Waals surface area contributed by atoms with E-state index in [4.69, 9.17) is 0 Å². The predicted octanol–water partition coefficient (Wildman–Crippen LogP) is 4.22. The number of alkyl halides is 1. The van der Waals surface area contributed by atoms with Crippen molar-refractivity contribution in [1.29, 1.82) is 0 Å². The maximum absolute atomic E-state index is 13.3. The van der Waals surface area contributed by atoms with Crippen LogP contribution in [0, 0.1) is 5.82 Å². The standard InChI is InChI=1S/C11H11BrF2/c1-2-3-8(7-13)10-6-9(12)4-5-11(10)14/h2,4-6,8H,1,3,7H2. The second-order valence-electron chi connectivity index (χ2n) is 3.04. The lowest BCUT2D eigenvalue weighted by Gasteiger charge is -2.12. The molecular weight excluding hydrogens is 250 g/mol. The van der Waals surface area contributed by atoms with E-state index < -0.39 is 12.6 Å². The minimum atomic E-state index is -0.570. The third-order valence-electron chi connectivity index (χ3n) is 2.04. The third kappa shape index (κ3) is 2.64. The minimum Gasteiger partial charge on any atom is -0.250 e. The first-order valence-corrected chi connectivity index (χ1v) is 5.10. The smallest absolute Gasteiger partial charge is 0.126 e. The first-order chi connectivity index (χ1) is 6.69. The molecule has 0 aromatic heterocycles. The van der Waals surface area contributed by atoms with Gasteiger partial charge in [0.15, 0.2) is 0 Å². The second kappa shape index (κ2) is 5.25. The molecule has 0 saturated carbocycles. The summed E-state index contributed by atoms with van der Waals surface area (Å²) in [6.07, 6.45) is 2.05. The number of hydrogen-bond acceptors (Lipinski definition) is 0. The van der Waals surface area contributed by atoms with Crippen molar-refractivity contribution < 1.29 is 8.78 Å². The highest BCUT2D eigenvalue weighted by Crippen LogP contribution is 2.26. The molecular formula is C11H11BrF2. The zero-order valence-electron chi connectivity index (χ0n) is 7.64. The highest BCUT2D eigenvalue weighted by atomic mass is 79.9. The molecule has 0 nitrogen and oxygen atoms in total. The van der Waals surface area contributed by atoms with E-state index in [0.717, 1.165) is 4.47 Å². The van der Waals surface area contributed by atoms with E-state index in [0.29, 0.717) is 12.0 Å². The molecule has 1 atom stereocenters. The summed E-state index contributed by atoms with van der Waals surface area (Å²) < 4.78 is 26.7. The molecule has 14 heavy (non-hydrogen) atoms. The van der Waals surface area contributed by atoms with Crippen molar-refractivity contribution in [2.24, 2.45) is 0 Å². The molecule has 0 spiro atoms. The summed E-state index contributed by atoms with van der Waals surface area (Å²) in [4.78, 5) is 0. The van der Waals surface area contributed by atoms with Crippen LogP contribution in [0.2, 0.25) is 0 Å². The summed E-state index contributed by atoms with van der Waals surface area (Å²) in [6.45, 7) is 2.96.